The van der Waals surface area contributed by atoms with E-state index in [0.717, 1.165) is 30.9 Å². The molecule has 25 heavy (non-hydrogen) atoms. The van der Waals surface area contributed by atoms with Crippen molar-refractivity contribution in [3.05, 3.63) is 29.8 Å². The van der Waals surface area contributed by atoms with Crippen molar-refractivity contribution in [3.8, 4) is 0 Å². The first kappa shape index (κ1) is 22.2. The van der Waals surface area contributed by atoms with Gasteiger partial charge < -0.3 is 10.6 Å². The Bertz CT molecular complexity index is 654. The number of guanidine groups is 1. The minimum absolute atomic E-state index is 0. The number of benzene rings is 1. The Hall–Kier alpha value is -0.870. The van der Waals surface area contributed by atoms with E-state index in [1.54, 1.807) is 23.5 Å². The summed E-state index contributed by atoms with van der Waals surface area (Å²) in [6, 6.07) is 7.08. The summed E-state index contributed by atoms with van der Waals surface area (Å²) >= 11 is 0. The molecule has 1 heterocycles. The van der Waals surface area contributed by atoms with Gasteiger partial charge >= 0.3 is 0 Å². The van der Waals surface area contributed by atoms with E-state index >= 15 is 0 Å². The Labute approximate surface area is 168 Å². The maximum absolute atomic E-state index is 12.5. The molecule has 1 aromatic rings. The molecule has 2 rings (SSSR count). The van der Waals surface area contributed by atoms with Gasteiger partial charge in [-0.2, -0.15) is 4.31 Å². The summed E-state index contributed by atoms with van der Waals surface area (Å²) in [6.07, 6.45) is 1.90. The standard InChI is InChI=1S/C17H28N4O2S.HI/c1-14(2)12-19-17(18-3)20-13-15-6-8-16(9-7-15)24(22,23)21-10-4-5-11-21;/h6-9,14H,4-5,10-13H2,1-3H3,(H2,18,19,20);1H. The number of hydrogen-bond acceptors (Lipinski definition) is 3. The number of nitrogens with zero attached hydrogens (tertiary/aromatic N) is 2. The lowest BCUT2D eigenvalue weighted by Crippen LogP contribution is -2.38. The van der Waals surface area contributed by atoms with Gasteiger partial charge in [-0.15, -0.1) is 24.0 Å². The second-order valence-electron chi connectivity index (χ2n) is 6.46. The molecule has 142 valence electrons. The van der Waals surface area contributed by atoms with Crippen molar-refractivity contribution in [3.63, 3.8) is 0 Å². The fourth-order valence-electron chi connectivity index (χ4n) is 2.56. The quantitative estimate of drug-likeness (QED) is 0.373. The predicted molar refractivity (Wildman–Crippen MR) is 113 cm³/mol. The van der Waals surface area contributed by atoms with Gasteiger partial charge in [-0.25, -0.2) is 8.42 Å². The minimum Gasteiger partial charge on any atom is -0.356 e. The van der Waals surface area contributed by atoms with Crippen molar-refractivity contribution >= 4 is 40.0 Å². The SMILES string of the molecule is CN=C(NCc1ccc(S(=O)(=O)N2CCCC2)cc1)NCC(C)C.I. The molecule has 1 aromatic carbocycles. The number of rotatable bonds is 6. The molecule has 1 aliphatic rings. The van der Waals surface area contributed by atoms with E-state index in [-0.39, 0.29) is 24.0 Å². The molecular weight excluding hydrogens is 451 g/mol. The molecule has 2 N–H and O–H groups in total. The lowest BCUT2D eigenvalue weighted by molar-refractivity contribution is 0.477. The van der Waals surface area contributed by atoms with Crippen LogP contribution in [0.15, 0.2) is 34.2 Å². The Kier molecular flexibility index (Phi) is 9.15. The highest BCUT2D eigenvalue weighted by atomic mass is 127. The van der Waals surface area contributed by atoms with Crippen LogP contribution in [0, 0.1) is 5.92 Å². The molecule has 0 saturated carbocycles. The third-order valence-electron chi connectivity index (χ3n) is 3.99. The summed E-state index contributed by atoms with van der Waals surface area (Å²) in [4.78, 5) is 4.55. The molecule has 0 aromatic heterocycles. The second-order valence-corrected chi connectivity index (χ2v) is 8.39. The fraction of sp³-hybridized carbons (Fsp3) is 0.588. The monoisotopic (exact) mass is 480 g/mol. The number of halogens is 1. The van der Waals surface area contributed by atoms with Crippen LogP contribution < -0.4 is 10.6 Å². The molecule has 0 atom stereocenters. The van der Waals surface area contributed by atoms with Crippen molar-refractivity contribution < 1.29 is 8.42 Å². The summed E-state index contributed by atoms with van der Waals surface area (Å²) in [5.41, 5.74) is 1.02. The number of sulfonamides is 1. The molecular formula is C17H29IN4O2S. The average Bonchev–Trinajstić information content (AvgIpc) is 3.10. The van der Waals surface area contributed by atoms with E-state index in [1.165, 1.54) is 0 Å². The molecule has 0 amide bonds. The van der Waals surface area contributed by atoms with Gasteiger partial charge in [-0.05, 0) is 36.5 Å². The van der Waals surface area contributed by atoms with E-state index in [9.17, 15) is 8.42 Å². The molecule has 1 aliphatic heterocycles. The van der Waals surface area contributed by atoms with Gasteiger partial charge in [0.05, 0.1) is 4.90 Å². The first-order valence-electron chi connectivity index (χ1n) is 8.47. The van der Waals surface area contributed by atoms with Crippen molar-refractivity contribution in [2.45, 2.75) is 38.1 Å². The van der Waals surface area contributed by atoms with Crippen LogP contribution in [0.25, 0.3) is 0 Å². The topological polar surface area (TPSA) is 73.8 Å². The van der Waals surface area contributed by atoms with Crippen molar-refractivity contribution in [2.24, 2.45) is 10.9 Å². The normalized spacial score (nSPS) is 15.9. The molecule has 8 heteroatoms. The lowest BCUT2D eigenvalue weighted by Gasteiger charge is -2.16. The summed E-state index contributed by atoms with van der Waals surface area (Å²) in [5, 5.41) is 6.48. The molecule has 0 radical (unpaired) electrons. The zero-order chi connectivity index (χ0) is 17.6. The lowest BCUT2D eigenvalue weighted by atomic mass is 10.2. The highest BCUT2D eigenvalue weighted by Crippen LogP contribution is 2.20. The van der Waals surface area contributed by atoms with Crippen LogP contribution >= 0.6 is 24.0 Å². The highest BCUT2D eigenvalue weighted by Gasteiger charge is 2.26. The van der Waals surface area contributed by atoms with E-state index in [4.69, 9.17) is 0 Å². The molecule has 0 spiro atoms. The van der Waals surface area contributed by atoms with Crippen molar-refractivity contribution in [2.75, 3.05) is 26.7 Å². The van der Waals surface area contributed by atoms with Crippen LogP contribution in [0.5, 0.6) is 0 Å². The zero-order valence-electron chi connectivity index (χ0n) is 15.2. The van der Waals surface area contributed by atoms with Crippen LogP contribution in [0.3, 0.4) is 0 Å². The summed E-state index contributed by atoms with van der Waals surface area (Å²) in [7, 11) is -1.60. The number of aliphatic imine (C=N–C) groups is 1. The molecule has 6 nitrogen and oxygen atoms in total. The van der Waals surface area contributed by atoms with Gasteiger partial charge in [0.15, 0.2) is 5.96 Å². The first-order valence-corrected chi connectivity index (χ1v) is 9.91. The van der Waals surface area contributed by atoms with E-state index < -0.39 is 10.0 Å². The maximum atomic E-state index is 12.5. The average molecular weight is 480 g/mol. The Morgan fingerprint density at radius 2 is 1.76 bits per heavy atom. The summed E-state index contributed by atoms with van der Waals surface area (Å²) in [5.74, 6) is 1.29. The van der Waals surface area contributed by atoms with Gasteiger partial charge in [0.2, 0.25) is 10.0 Å². The molecule has 0 unspecified atom stereocenters. The smallest absolute Gasteiger partial charge is 0.243 e. The first-order chi connectivity index (χ1) is 11.4. The van der Waals surface area contributed by atoms with Crippen LogP contribution in [0.2, 0.25) is 0 Å². The zero-order valence-corrected chi connectivity index (χ0v) is 18.3. The molecule has 1 fully saturated rings. The fourth-order valence-corrected chi connectivity index (χ4v) is 4.08. The van der Waals surface area contributed by atoms with Gasteiger partial charge in [0.1, 0.15) is 0 Å². The summed E-state index contributed by atoms with van der Waals surface area (Å²) in [6.45, 7) is 6.99. The van der Waals surface area contributed by atoms with E-state index in [0.29, 0.717) is 30.4 Å². The molecule has 0 aliphatic carbocycles. The van der Waals surface area contributed by atoms with Crippen LogP contribution in [-0.2, 0) is 16.6 Å². The Morgan fingerprint density at radius 1 is 1.16 bits per heavy atom. The number of nitrogens with one attached hydrogen (secondary N) is 2. The van der Waals surface area contributed by atoms with E-state index in [2.05, 4.69) is 29.5 Å². The number of hydrogen-bond donors (Lipinski definition) is 2. The second kappa shape index (κ2) is 10.3. The van der Waals surface area contributed by atoms with Crippen molar-refractivity contribution in [1.82, 2.24) is 14.9 Å². The van der Waals surface area contributed by atoms with E-state index in [1.807, 2.05) is 12.1 Å². The largest absolute Gasteiger partial charge is 0.356 e. The van der Waals surface area contributed by atoms with Gasteiger partial charge in [-0.3, -0.25) is 4.99 Å². The minimum atomic E-state index is -3.33. The Balaban J connectivity index is 0.00000312. The third-order valence-corrected chi connectivity index (χ3v) is 5.90. The summed E-state index contributed by atoms with van der Waals surface area (Å²) < 4.78 is 26.5. The van der Waals surface area contributed by atoms with Gasteiger partial charge in [0, 0.05) is 33.2 Å². The van der Waals surface area contributed by atoms with Crippen LogP contribution in [0.4, 0.5) is 0 Å². The third kappa shape index (κ3) is 6.41. The predicted octanol–water partition coefficient (Wildman–Crippen LogP) is 2.41. The van der Waals surface area contributed by atoms with Crippen molar-refractivity contribution in [1.29, 1.82) is 0 Å². The molecule has 0 bridgehead atoms. The highest BCUT2D eigenvalue weighted by molar-refractivity contribution is 14.0. The van der Waals surface area contributed by atoms with Gasteiger partial charge in [0.25, 0.3) is 0 Å². The molecule has 1 saturated heterocycles. The van der Waals surface area contributed by atoms with Crippen LogP contribution in [-0.4, -0.2) is 45.4 Å². The van der Waals surface area contributed by atoms with Gasteiger partial charge in [-0.1, -0.05) is 26.0 Å². The van der Waals surface area contributed by atoms with Crippen LogP contribution in [0.1, 0.15) is 32.3 Å². The maximum Gasteiger partial charge on any atom is 0.243 e. The Morgan fingerprint density at radius 3 is 2.28 bits per heavy atom.